The van der Waals surface area contributed by atoms with E-state index >= 15 is 0 Å². The van der Waals surface area contributed by atoms with Gasteiger partial charge in [0.15, 0.2) is 0 Å². The Morgan fingerprint density at radius 1 is 0.944 bits per heavy atom. The second kappa shape index (κ2) is 10.9. The minimum Gasteiger partial charge on any atom is -0.465 e. The van der Waals surface area contributed by atoms with E-state index in [1.54, 1.807) is 27.7 Å². The SMILES string of the molecule is CCOC(=O)C1=C(C)N=C(C)C(C(=O)OCC)C1c1c(C)noc1CCc1ccc2ccccc2c1. The third kappa shape index (κ3) is 4.96. The summed E-state index contributed by atoms with van der Waals surface area (Å²) in [5, 5.41) is 6.60. The first-order valence-electron chi connectivity index (χ1n) is 12.4. The van der Waals surface area contributed by atoms with Crippen LogP contribution in [-0.4, -0.2) is 36.0 Å². The summed E-state index contributed by atoms with van der Waals surface area (Å²) in [5.41, 5.74) is 3.98. The largest absolute Gasteiger partial charge is 0.465 e. The molecule has 7 heteroatoms. The van der Waals surface area contributed by atoms with Gasteiger partial charge in [-0.3, -0.25) is 9.79 Å². The maximum Gasteiger partial charge on any atom is 0.336 e. The molecule has 2 unspecified atom stereocenters. The Balaban J connectivity index is 1.74. The van der Waals surface area contributed by atoms with Crippen LogP contribution in [0.2, 0.25) is 0 Å². The molecule has 0 spiro atoms. The van der Waals surface area contributed by atoms with Crippen molar-refractivity contribution in [2.45, 2.75) is 53.4 Å². The van der Waals surface area contributed by atoms with E-state index in [2.05, 4.69) is 40.5 Å². The van der Waals surface area contributed by atoms with Crippen molar-refractivity contribution in [1.29, 1.82) is 0 Å². The maximum atomic E-state index is 13.1. The number of ether oxygens (including phenoxy) is 2. The second-order valence-electron chi connectivity index (χ2n) is 8.97. The fourth-order valence-corrected chi connectivity index (χ4v) is 5.02. The molecule has 0 saturated heterocycles. The minimum atomic E-state index is -0.773. The summed E-state index contributed by atoms with van der Waals surface area (Å²) in [4.78, 5) is 30.8. The van der Waals surface area contributed by atoms with Gasteiger partial charge in [0.2, 0.25) is 0 Å². The number of rotatable bonds is 8. The summed E-state index contributed by atoms with van der Waals surface area (Å²) in [6.45, 7) is 9.34. The highest BCUT2D eigenvalue weighted by Gasteiger charge is 2.45. The van der Waals surface area contributed by atoms with Crippen LogP contribution in [0, 0.1) is 12.8 Å². The van der Waals surface area contributed by atoms with Crippen molar-refractivity contribution in [2.75, 3.05) is 13.2 Å². The molecule has 188 valence electrons. The van der Waals surface area contributed by atoms with Gasteiger partial charge in [0, 0.05) is 29.3 Å². The molecule has 2 heterocycles. The van der Waals surface area contributed by atoms with E-state index in [4.69, 9.17) is 14.0 Å². The quantitative estimate of drug-likeness (QED) is 0.389. The summed E-state index contributed by atoms with van der Waals surface area (Å²) < 4.78 is 16.6. The van der Waals surface area contributed by atoms with Crippen molar-refractivity contribution in [3.63, 3.8) is 0 Å². The highest BCUT2D eigenvalue weighted by Crippen LogP contribution is 2.43. The van der Waals surface area contributed by atoms with Crippen LogP contribution in [0.5, 0.6) is 0 Å². The lowest BCUT2D eigenvalue weighted by molar-refractivity contribution is -0.146. The number of carbonyl (C=O) groups excluding carboxylic acids is 2. The molecule has 2 aromatic carbocycles. The van der Waals surface area contributed by atoms with Gasteiger partial charge in [-0.05, 0) is 57.4 Å². The molecule has 0 saturated carbocycles. The van der Waals surface area contributed by atoms with Crippen molar-refractivity contribution >= 4 is 28.4 Å². The number of nitrogens with zero attached hydrogens (tertiary/aromatic N) is 2. The molecule has 0 bridgehead atoms. The van der Waals surface area contributed by atoms with Crippen molar-refractivity contribution in [2.24, 2.45) is 10.9 Å². The second-order valence-corrected chi connectivity index (χ2v) is 8.97. The molecule has 36 heavy (non-hydrogen) atoms. The summed E-state index contributed by atoms with van der Waals surface area (Å²) in [7, 11) is 0. The highest BCUT2D eigenvalue weighted by atomic mass is 16.5. The van der Waals surface area contributed by atoms with Crippen molar-refractivity contribution in [1.82, 2.24) is 5.16 Å². The van der Waals surface area contributed by atoms with E-state index in [9.17, 15) is 9.59 Å². The Hall–Kier alpha value is -3.74. The van der Waals surface area contributed by atoms with Crippen molar-refractivity contribution in [3.8, 4) is 0 Å². The van der Waals surface area contributed by atoms with Gasteiger partial charge in [-0.1, -0.05) is 47.6 Å². The Kier molecular flexibility index (Phi) is 7.67. The zero-order valence-corrected chi connectivity index (χ0v) is 21.5. The Morgan fingerprint density at radius 3 is 2.39 bits per heavy atom. The van der Waals surface area contributed by atoms with Gasteiger partial charge >= 0.3 is 11.9 Å². The normalized spacial score (nSPS) is 17.8. The Bertz CT molecular complexity index is 1350. The van der Waals surface area contributed by atoms with Crippen molar-refractivity contribution in [3.05, 3.63) is 76.3 Å². The lowest BCUT2D eigenvalue weighted by atomic mass is 9.74. The molecule has 3 aromatic rings. The van der Waals surface area contributed by atoms with Crippen LogP contribution in [0.15, 0.2) is 63.3 Å². The minimum absolute atomic E-state index is 0.215. The molecule has 1 aromatic heterocycles. The van der Waals surface area contributed by atoms with E-state index in [0.29, 0.717) is 41.3 Å². The van der Waals surface area contributed by atoms with Crippen LogP contribution in [0.1, 0.15) is 56.2 Å². The van der Waals surface area contributed by atoms with E-state index in [-0.39, 0.29) is 13.2 Å². The van der Waals surface area contributed by atoms with E-state index in [1.165, 1.54) is 10.8 Å². The summed E-state index contributed by atoms with van der Waals surface area (Å²) in [5.74, 6) is -1.71. The number of carbonyl (C=O) groups is 2. The van der Waals surface area contributed by atoms with E-state index in [0.717, 1.165) is 11.1 Å². The molecule has 0 N–H and O–H groups in total. The topological polar surface area (TPSA) is 91.0 Å². The zero-order chi connectivity index (χ0) is 25.8. The number of fused-ring (bicyclic) bond motifs is 1. The van der Waals surface area contributed by atoms with Gasteiger partial charge in [-0.2, -0.15) is 0 Å². The third-order valence-corrected chi connectivity index (χ3v) is 6.61. The molecule has 4 rings (SSSR count). The number of aryl methyl sites for hydroxylation is 3. The highest BCUT2D eigenvalue weighted by molar-refractivity contribution is 6.07. The molecule has 2 atom stereocenters. The van der Waals surface area contributed by atoms with E-state index < -0.39 is 23.8 Å². The number of hydrogen-bond acceptors (Lipinski definition) is 7. The molecule has 0 fully saturated rings. The summed E-state index contributed by atoms with van der Waals surface area (Å²) >= 11 is 0. The maximum absolute atomic E-state index is 13.1. The number of esters is 2. The molecule has 1 aliphatic heterocycles. The fourth-order valence-electron chi connectivity index (χ4n) is 5.02. The Morgan fingerprint density at radius 2 is 1.67 bits per heavy atom. The monoisotopic (exact) mass is 488 g/mol. The Labute approximate surface area is 211 Å². The molecule has 1 aliphatic rings. The number of aromatic nitrogens is 1. The van der Waals surface area contributed by atoms with Gasteiger partial charge in [0.1, 0.15) is 11.7 Å². The zero-order valence-electron chi connectivity index (χ0n) is 21.5. The van der Waals surface area contributed by atoms with E-state index in [1.807, 2.05) is 19.1 Å². The number of aliphatic imine (C=N–C) groups is 1. The molecule has 0 amide bonds. The average molecular weight is 489 g/mol. The number of hydrogen-bond donors (Lipinski definition) is 0. The number of allylic oxidation sites excluding steroid dienone is 1. The predicted molar refractivity (Wildman–Crippen MR) is 138 cm³/mol. The third-order valence-electron chi connectivity index (χ3n) is 6.61. The standard InChI is InChI=1S/C29H32N2O5/c1-6-34-28(32)25-17(3)30-18(4)26(29(33)35-7-2)27(25)24-19(5)31-36-23(24)15-13-20-12-14-21-10-8-9-11-22(21)16-20/h8-12,14,16,25,27H,6-7,13,15H2,1-5H3. The molecule has 0 radical (unpaired) electrons. The van der Waals surface area contributed by atoms with Crippen LogP contribution in [0.4, 0.5) is 0 Å². The van der Waals surface area contributed by atoms with Gasteiger partial charge in [-0.25, -0.2) is 4.79 Å². The van der Waals surface area contributed by atoms with Crippen LogP contribution < -0.4 is 0 Å². The first kappa shape index (κ1) is 25.4. The smallest absolute Gasteiger partial charge is 0.336 e. The summed E-state index contributed by atoms with van der Waals surface area (Å²) in [6, 6.07) is 14.6. The first-order valence-corrected chi connectivity index (χ1v) is 12.4. The number of benzene rings is 2. The van der Waals surface area contributed by atoms with Gasteiger partial charge in [-0.15, -0.1) is 0 Å². The van der Waals surface area contributed by atoms with Gasteiger partial charge < -0.3 is 14.0 Å². The first-order chi connectivity index (χ1) is 17.3. The van der Waals surface area contributed by atoms with Crippen LogP contribution in [0.25, 0.3) is 10.8 Å². The molecule has 7 nitrogen and oxygen atoms in total. The lowest BCUT2D eigenvalue weighted by Crippen LogP contribution is -2.37. The van der Waals surface area contributed by atoms with Crippen LogP contribution >= 0.6 is 0 Å². The van der Waals surface area contributed by atoms with Crippen LogP contribution in [0.3, 0.4) is 0 Å². The van der Waals surface area contributed by atoms with Gasteiger partial charge in [0.05, 0.1) is 24.5 Å². The summed E-state index contributed by atoms with van der Waals surface area (Å²) in [6.07, 6.45) is 1.28. The average Bonchev–Trinajstić information content (AvgIpc) is 3.22. The van der Waals surface area contributed by atoms with Gasteiger partial charge in [0.25, 0.3) is 0 Å². The molecular weight excluding hydrogens is 456 g/mol. The lowest BCUT2D eigenvalue weighted by Gasteiger charge is -2.31. The predicted octanol–water partition coefficient (Wildman–Crippen LogP) is 5.50. The molecule has 0 aliphatic carbocycles. The molecular formula is C29H32N2O5. The fraction of sp³-hybridized carbons (Fsp3) is 0.379. The van der Waals surface area contributed by atoms with Crippen LogP contribution in [-0.2, 0) is 31.9 Å². The van der Waals surface area contributed by atoms with Crippen molar-refractivity contribution < 1.29 is 23.6 Å².